The molecule has 0 bridgehead atoms. The van der Waals surface area contributed by atoms with Gasteiger partial charge in [0.2, 0.25) is 11.8 Å². The molecular weight excluding hydrogens is 266 g/mol. The van der Waals surface area contributed by atoms with Gasteiger partial charge in [0.05, 0.1) is 23.6 Å². The lowest BCUT2D eigenvalue weighted by Crippen LogP contribution is -2.52. The minimum Gasteiger partial charge on any atom is -0.392 e. The van der Waals surface area contributed by atoms with Gasteiger partial charge in [-0.3, -0.25) is 9.59 Å². The number of hydrogen-bond donors (Lipinski definition) is 2. The summed E-state index contributed by atoms with van der Waals surface area (Å²) in [7, 11) is 0. The number of carbonyl (C=O) groups is 2. The number of nitrogens with two attached hydrogens (primary N) is 1. The predicted octanol–water partition coefficient (Wildman–Crippen LogP) is -0.584. The molecule has 19 heavy (non-hydrogen) atoms. The van der Waals surface area contributed by atoms with Crippen molar-refractivity contribution in [2.75, 3.05) is 26.3 Å². The lowest BCUT2D eigenvalue weighted by molar-refractivity contribution is -0.139. The molecule has 1 aliphatic carbocycles. The number of thiocarbonyl (C=S) groups is 1. The topological polar surface area (TPSA) is 84.7 Å². The molecular formula is C12H19N3O3S. The van der Waals surface area contributed by atoms with Crippen LogP contribution in [0, 0.1) is 5.41 Å². The van der Waals surface area contributed by atoms with Crippen molar-refractivity contribution in [3.8, 4) is 0 Å². The van der Waals surface area contributed by atoms with E-state index in [1.54, 1.807) is 11.8 Å². The molecule has 0 aromatic heterocycles. The maximum atomic E-state index is 12.1. The number of carbonyl (C=O) groups excluding carboxylic acids is 2. The van der Waals surface area contributed by atoms with Crippen LogP contribution in [0.5, 0.6) is 0 Å². The Hall–Kier alpha value is -1.21. The zero-order valence-corrected chi connectivity index (χ0v) is 11.8. The highest BCUT2D eigenvalue weighted by atomic mass is 32.1. The van der Waals surface area contributed by atoms with E-state index < -0.39 is 11.5 Å². The number of ether oxygens (including phenoxy) is 1. The smallest absolute Gasteiger partial charge is 0.245 e. The second kappa shape index (κ2) is 5.42. The summed E-state index contributed by atoms with van der Waals surface area (Å²) in [6.45, 7) is 3.91. The normalized spacial score (nSPS) is 22.5. The van der Waals surface area contributed by atoms with E-state index in [-0.39, 0.29) is 16.8 Å². The number of rotatable bonds is 4. The third-order valence-corrected chi connectivity index (χ3v) is 4.09. The van der Waals surface area contributed by atoms with E-state index in [0.29, 0.717) is 39.1 Å². The van der Waals surface area contributed by atoms with Crippen molar-refractivity contribution in [2.24, 2.45) is 11.1 Å². The first-order valence-electron chi connectivity index (χ1n) is 6.45. The molecule has 1 heterocycles. The summed E-state index contributed by atoms with van der Waals surface area (Å²) in [5, 5.41) is 2.72. The van der Waals surface area contributed by atoms with Gasteiger partial charge in [0, 0.05) is 13.1 Å². The van der Waals surface area contributed by atoms with Crippen LogP contribution in [-0.4, -0.2) is 54.0 Å². The third kappa shape index (κ3) is 2.87. The summed E-state index contributed by atoms with van der Waals surface area (Å²) >= 11 is 4.92. The van der Waals surface area contributed by atoms with Crippen molar-refractivity contribution < 1.29 is 14.3 Å². The van der Waals surface area contributed by atoms with Crippen molar-refractivity contribution in [3.63, 3.8) is 0 Å². The molecule has 6 nitrogen and oxygen atoms in total. The molecule has 1 unspecified atom stereocenters. The Balaban J connectivity index is 1.90. The Morgan fingerprint density at radius 3 is 2.42 bits per heavy atom. The molecule has 1 aliphatic heterocycles. The van der Waals surface area contributed by atoms with Crippen LogP contribution in [0.15, 0.2) is 0 Å². The highest BCUT2D eigenvalue weighted by molar-refractivity contribution is 7.80. The molecule has 7 heteroatoms. The highest BCUT2D eigenvalue weighted by Crippen LogP contribution is 2.46. The fraction of sp³-hybridized carbons (Fsp3) is 0.750. The number of amides is 2. The molecule has 2 amide bonds. The summed E-state index contributed by atoms with van der Waals surface area (Å²) in [5.74, 6) is -0.315. The van der Waals surface area contributed by atoms with E-state index in [1.807, 2.05) is 0 Å². The van der Waals surface area contributed by atoms with Gasteiger partial charge in [0.1, 0.15) is 6.04 Å². The summed E-state index contributed by atoms with van der Waals surface area (Å²) in [5.41, 5.74) is 4.87. The zero-order chi connectivity index (χ0) is 14.0. The minimum absolute atomic E-state index is 0.0876. The lowest BCUT2D eigenvalue weighted by atomic mass is 10.1. The van der Waals surface area contributed by atoms with Crippen LogP contribution in [0.25, 0.3) is 0 Å². The summed E-state index contributed by atoms with van der Waals surface area (Å²) < 4.78 is 5.19. The van der Waals surface area contributed by atoms with Gasteiger partial charge in [-0.25, -0.2) is 0 Å². The first-order valence-corrected chi connectivity index (χ1v) is 6.85. The summed E-state index contributed by atoms with van der Waals surface area (Å²) in [6.07, 6.45) is 1.35. The van der Waals surface area contributed by atoms with Gasteiger partial charge < -0.3 is 20.7 Å². The van der Waals surface area contributed by atoms with Gasteiger partial charge in [-0.15, -0.1) is 0 Å². The third-order valence-electron chi connectivity index (χ3n) is 3.70. The van der Waals surface area contributed by atoms with Gasteiger partial charge in [-0.2, -0.15) is 0 Å². The van der Waals surface area contributed by atoms with Crippen LogP contribution in [-0.2, 0) is 14.3 Å². The van der Waals surface area contributed by atoms with Crippen molar-refractivity contribution in [3.05, 3.63) is 0 Å². The molecule has 1 atom stereocenters. The van der Waals surface area contributed by atoms with Gasteiger partial charge >= 0.3 is 0 Å². The van der Waals surface area contributed by atoms with Gasteiger partial charge in [-0.05, 0) is 19.8 Å². The molecule has 3 N–H and O–H groups in total. The Bertz CT molecular complexity index is 403. The van der Waals surface area contributed by atoms with Crippen LogP contribution < -0.4 is 11.1 Å². The van der Waals surface area contributed by atoms with Gasteiger partial charge in [0.25, 0.3) is 0 Å². The van der Waals surface area contributed by atoms with Crippen molar-refractivity contribution >= 4 is 29.0 Å². The lowest BCUT2D eigenvalue weighted by Gasteiger charge is -2.30. The Kier molecular flexibility index (Phi) is 4.05. The van der Waals surface area contributed by atoms with Gasteiger partial charge in [0.15, 0.2) is 0 Å². The molecule has 2 aliphatic rings. The number of nitrogens with one attached hydrogen (secondary N) is 1. The molecule has 0 aromatic rings. The van der Waals surface area contributed by atoms with Crippen LogP contribution in [0.2, 0.25) is 0 Å². The second-order valence-corrected chi connectivity index (χ2v) is 5.52. The first-order chi connectivity index (χ1) is 8.97. The number of hydrogen-bond acceptors (Lipinski definition) is 4. The molecule has 1 saturated carbocycles. The number of morpholine rings is 1. The molecule has 0 spiro atoms. The predicted molar refractivity (Wildman–Crippen MR) is 73.5 cm³/mol. The fourth-order valence-corrected chi connectivity index (χ4v) is 2.46. The highest BCUT2D eigenvalue weighted by Gasteiger charge is 2.53. The number of nitrogens with zero attached hydrogens (tertiary/aromatic N) is 1. The summed E-state index contributed by atoms with van der Waals surface area (Å²) in [4.78, 5) is 26.2. The van der Waals surface area contributed by atoms with Crippen LogP contribution in [0.1, 0.15) is 19.8 Å². The largest absolute Gasteiger partial charge is 0.392 e. The van der Waals surface area contributed by atoms with Crippen LogP contribution >= 0.6 is 12.2 Å². The van der Waals surface area contributed by atoms with Crippen LogP contribution in [0.4, 0.5) is 0 Å². The van der Waals surface area contributed by atoms with Crippen molar-refractivity contribution in [2.45, 2.75) is 25.8 Å². The van der Waals surface area contributed by atoms with Crippen LogP contribution in [0.3, 0.4) is 0 Å². The molecule has 106 valence electrons. The second-order valence-electron chi connectivity index (χ2n) is 5.08. The zero-order valence-electron chi connectivity index (χ0n) is 11.0. The Morgan fingerprint density at radius 1 is 1.37 bits per heavy atom. The van der Waals surface area contributed by atoms with E-state index in [0.717, 1.165) is 0 Å². The minimum atomic E-state index is -0.713. The monoisotopic (exact) mass is 285 g/mol. The van der Waals surface area contributed by atoms with Crippen molar-refractivity contribution in [1.82, 2.24) is 10.2 Å². The Morgan fingerprint density at radius 2 is 1.95 bits per heavy atom. The summed E-state index contributed by atoms with van der Waals surface area (Å²) in [6, 6.07) is -0.558. The molecule has 1 saturated heterocycles. The maximum Gasteiger partial charge on any atom is 0.245 e. The van der Waals surface area contributed by atoms with E-state index >= 15 is 0 Å². The molecule has 2 fully saturated rings. The Labute approximate surface area is 117 Å². The molecule has 0 radical (unpaired) electrons. The molecule has 2 rings (SSSR count). The quantitative estimate of drug-likeness (QED) is 0.675. The first kappa shape index (κ1) is 14.2. The SMILES string of the molecule is CC(NC(=O)C1(C(N)=S)CC1)C(=O)N1CCOCC1. The molecule has 0 aromatic carbocycles. The standard InChI is InChI=1S/C12H19N3O3S/c1-8(9(16)15-4-6-18-7-5-15)14-11(17)12(2-3-12)10(13)19/h8H,2-7H2,1H3,(H2,13,19)(H,14,17). The average molecular weight is 285 g/mol. The van der Waals surface area contributed by atoms with E-state index in [4.69, 9.17) is 22.7 Å². The maximum absolute atomic E-state index is 12.1. The fourth-order valence-electron chi connectivity index (χ4n) is 2.16. The van der Waals surface area contributed by atoms with Gasteiger partial charge in [-0.1, -0.05) is 12.2 Å². The average Bonchev–Trinajstić information content (AvgIpc) is 3.20. The van der Waals surface area contributed by atoms with E-state index in [2.05, 4.69) is 5.32 Å². The van der Waals surface area contributed by atoms with E-state index in [9.17, 15) is 9.59 Å². The van der Waals surface area contributed by atoms with E-state index in [1.165, 1.54) is 0 Å². The van der Waals surface area contributed by atoms with Crippen molar-refractivity contribution in [1.29, 1.82) is 0 Å².